The number of benzene rings is 1. The molecule has 0 aliphatic rings. The van der Waals surface area contributed by atoms with Gasteiger partial charge in [-0.3, -0.25) is 4.79 Å². The highest BCUT2D eigenvalue weighted by Crippen LogP contribution is 2.33. The maximum Gasteiger partial charge on any atom is 0.416 e. The first kappa shape index (κ1) is 14.5. The van der Waals surface area contributed by atoms with E-state index in [1.807, 2.05) is 0 Å². The minimum Gasteiger partial charge on any atom is -0.466 e. The molecule has 0 saturated heterocycles. The molecule has 0 bridgehead atoms. The average molecular weight is 264 g/mol. The van der Waals surface area contributed by atoms with Crippen molar-refractivity contribution >= 4 is 5.97 Å². The molecule has 0 spiro atoms. The Kier molecular flexibility index (Phi) is 4.69. The first-order chi connectivity index (χ1) is 8.34. The Balaban J connectivity index is 2.85. The van der Waals surface area contributed by atoms with E-state index in [1.165, 1.54) is 0 Å². The third-order valence-corrected chi connectivity index (χ3v) is 2.28. The summed E-state index contributed by atoms with van der Waals surface area (Å²) in [6.07, 6.45) is -4.93. The molecule has 0 fully saturated rings. The van der Waals surface area contributed by atoms with Crippen LogP contribution in [0.25, 0.3) is 0 Å². The van der Waals surface area contributed by atoms with Crippen LogP contribution in [0, 0.1) is 5.82 Å². The van der Waals surface area contributed by atoms with E-state index in [1.54, 1.807) is 6.92 Å². The number of hydrogen-bond donors (Lipinski definition) is 0. The van der Waals surface area contributed by atoms with Crippen LogP contribution in [0.1, 0.15) is 24.5 Å². The first-order valence-corrected chi connectivity index (χ1v) is 5.36. The summed E-state index contributed by atoms with van der Waals surface area (Å²) in [5.41, 5.74) is -1.16. The molecule has 0 radical (unpaired) electrons. The van der Waals surface area contributed by atoms with Crippen LogP contribution in [0.2, 0.25) is 0 Å². The van der Waals surface area contributed by atoms with Crippen molar-refractivity contribution in [2.75, 3.05) is 6.61 Å². The molecular weight excluding hydrogens is 252 g/mol. The highest BCUT2D eigenvalue weighted by molar-refractivity contribution is 5.69. The van der Waals surface area contributed by atoms with E-state index in [-0.39, 0.29) is 25.0 Å². The van der Waals surface area contributed by atoms with Gasteiger partial charge in [-0.1, -0.05) is 6.07 Å². The van der Waals surface area contributed by atoms with Crippen LogP contribution in [0.15, 0.2) is 18.2 Å². The summed E-state index contributed by atoms with van der Waals surface area (Å²) >= 11 is 0. The summed E-state index contributed by atoms with van der Waals surface area (Å²) in [7, 11) is 0. The fraction of sp³-hybridized carbons (Fsp3) is 0.417. The van der Waals surface area contributed by atoms with Crippen molar-refractivity contribution in [3.63, 3.8) is 0 Å². The minimum absolute atomic E-state index is 0.114. The monoisotopic (exact) mass is 264 g/mol. The van der Waals surface area contributed by atoms with Gasteiger partial charge in [0.15, 0.2) is 0 Å². The van der Waals surface area contributed by atoms with Gasteiger partial charge >= 0.3 is 12.1 Å². The zero-order chi connectivity index (χ0) is 13.8. The lowest BCUT2D eigenvalue weighted by Crippen LogP contribution is -2.12. The van der Waals surface area contributed by atoms with Crippen molar-refractivity contribution in [3.8, 4) is 0 Å². The van der Waals surface area contributed by atoms with Crippen LogP contribution in [0.4, 0.5) is 17.6 Å². The molecule has 0 N–H and O–H groups in total. The largest absolute Gasteiger partial charge is 0.466 e. The molecule has 0 aromatic heterocycles. The van der Waals surface area contributed by atoms with Crippen molar-refractivity contribution in [1.29, 1.82) is 0 Å². The lowest BCUT2D eigenvalue weighted by Gasteiger charge is -2.12. The lowest BCUT2D eigenvalue weighted by molar-refractivity contribution is -0.144. The van der Waals surface area contributed by atoms with Gasteiger partial charge in [-0.25, -0.2) is 4.39 Å². The molecule has 0 atom stereocenters. The number of halogens is 4. The fourth-order valence-corrected chi connectivity index (χ4v) is 1.50. The fourth-order valence-electron chi connectivity index (χ4n) is 1.50. The van der Waals surface area contributed by atoms with Gasteiger partial charge in [-0.15, -0.1) is 0 Å². The highest BCUT2D eigenvalue weighted by Gasteiger charge is 2.33. The maximum atomic E-state index is 12.8. The van der Waals surface area contributed by atoms with E-state index >= 15 is 0 Å². The number of ether oxygens (including phenoxy) is 1. The third kappa shape index (κ3) is 4.01. The second-order valence-electron chi connectivity index (χ2n) is 3.60. The second-order valence-corrected chi connectivity index (χ2v) is 3.60. The molecule has 1 aromatic carbocycles. The number of carbonyl (C=O) groups is 1. The van der Waals surface area contributed by atoms with Crippen LogP contribution in [-0.4, -0.2) is 12.6 Å². The molecule has 0 saturated carbocycles. The summed E-state index contributed by atoms with van der Waals surface area (Å²) in [6.45, 7) is 1.78. The van der Waals surface area contributed by atoms with Crippen LogP contribution in [0.5, 0.6) is 0 Å². The Hall–Kier alpha value is -1.59. The topological polar surface area (TPSA) is 26.3 Å². The van der Waals surface area contributed by atoms with Gasteiger partial charge in [-0.2, -0.15) is 13.2 Å². The van der Waals surface area contributed by atoms with Crippen LogP contribution < -0.4 is 0 Å². The summed E-state index contributed by atoms with van der Waals surface area (Å²) < 4.78 is 55.3. The number of aryl methyl sites for hydroxylation is 1. The van der Waals surface area contributed by atoms with Crippen LogP contribution >= 0.6 is 0 Å². The molecule has 1 aromatic rings. The number of esters is 1. The van der Waals surface area contributed by atoms with E-state index in [9.17, 15) is 22.4 Å². The number of alkyl halides is 3. The molecule has 1 rings (SSSR count). The Bertz CT molecular complexity index is 427. The van der Waals surface area contributed by atoms with Crippen molar-refractivity contribution in [2.24, 2.45) is 0 Å². The van der Waals surface area contributed by atoms with E-state index in [4.69, 9.17) is 0 Å². The first-order valence-electron chi connectivity index (χ1n) is 5.36. The third-order valence-electron chi connectivity index (χ3n) is 2.28. The van der Waals surface area contributed by atoms with Gasteiger partial charge in [0.05, 0.1) is 12.2 Å². The van der Waals surface area contributed by atoms with Crippen LogP contribution in [0.3, 0.4) is 0 Å². The van der Waals surface area contributed by atoms with Gasteiger partial charge in [-0.05, 0) is 31.0 Å². The SMILES string of the molecule is CCOC(=O)CCc1ccc(F)cc1C(F)(F)F. The zero-order valence-corrected chi connectivity index (χ0v) is 9.68. The predicted octanol–water partition coefficient (Wildman–Crippen LogP) is 3.34. The average Bonchev–Trinajstić information content (AvgIpc) is 2.26. The standard InChI is InChI=1S/C12H12F4O2/c1-2-18-11(17)6-4-8-3-5-9(13)7-10(8)12(14,15)16/h3,5,7H,2,4,6H2,1H3. The Morgan fingerprint density at radius 3 is 2.56 bits per heavy atom. The van der Waals surface area contributed by atoms with Crippen LogP contribution in [-0.2, 0) is 22.1 Å². The molecule has 0 aliphatic heterocycles. The minimum atomic E-state index is -4.63. The molecule has 2 nitrogen and oxygen atoms in total. The number of hydrogen-bond acceptors (Lipinski definition) is 2. The lowest BCUT2D eigenvalue weighted by atomic mass is 10.0. The molecule has 100 valence electrons. The molecule has 18 heavy (non-hydrogen) atoms. The molecule has 0 aliphatic carbocycles. The summed E-state index contributed by atoms with van der Waals surface area (Å²) in [6, 6.07) is 2.41. The van der Waals surface area contributed by atoms with Crippen molar-refractivity contribution in [2.45, 2.75) is 25.9 Å². The summed E-state index contributed by atoms with van der Waals surface area (Å²) in [5, 5.41) is 0. The predicted molar refractivity (Wildman–Crippen MR) is 56.4 cm³/mol. The van der Waals surface area contributed by atoms with Gasteiger partial charge in [0, 0.05) is 6.42 Å². The molecule has 6 heteroatoms. The van der Waals surface area contributed by atoms with Gasteiger partial charge in [0.25, 0.3) is 0 Å². The number of rotatable bonds is 4. The van der Waals surface area contributed by atoms with Crippen molar-refractivity contribution in [3.05, 3.63) is 35.1 Å². The van der Waals surface area contributed by atoms with E-state index in [2.05, 4.69) is 4.74 Å². The Labute approximate surface area is 102 Å². The smallest absolute Gasteiger partial charge is 0.416 e. The van der Waals surface area contributed by atoms with E-state index < -0.39 is 23.5 Å². The van der Waals surface area contributed by atoms with Gasteiger partial charge in [0.1, 0.15) is 5.82 Å². The molecule has 0 unspecified atom stereocenters. The van der Waals surface area contributed by atoms with Crippen molar-refractivity contribution in [1.82, 2.24) is 0 Å². The zero-order valence-electron chi connectivity index (χ0n) is 9.68. The molecule has 0 amide bonds. The quantitative estimate of drug-likeness (QED) is 0.616. The Morgan fingerprint density at radius 2 is 2.00 bits per heavy atom. The highest BCUT2D eigenvalue weighted by atomic mass is 19.4. The van der Waals surface area contributed by atoms with Gasteiger partial charge < -0.3 is 4.74 Å². The second kappa shape index (κ2) is 5.84. The normalized spacial score (nSPS) is 11.4. The molecular formula is C12H12F4O2. The maximum absolute atomic E-state index is 12.8. The van der Waals surface area contributed by atoms with Gasteiger partial charge in [0.2, 0.25) is 0 Å². The number of carbonyl (C=O) groups excluding carboxylic acids is 1. The van der Waals surface area contributed by atoms with E-state index in [0.29, 0.717) is 6.07 Å². The summed E-state index contributed by atoms with van der Waals surface area (Å²) in [5.74, 6) is -1.53. The Morgan fingerprint density at radius 1 is 1.33 bits per heavy atom. The summed E-state index contributed by atoms with van der Waals surface area (Å²) in [4.78, 5) is 11.1. The van der Waals surface area contributed by atoms with E-state index in [0.717, 1.165) is 12.1 Å². The van der Waals surface area contributed by atoms with Crippen molar-refractivity contribution < 1.29 is 27.1 Å². The molecule has 0 heterocycles.